The number of carboxylic acids is 1. The zero-order valence-corrected chi connectivity index (χ0v) is 12.7. The third kappa shape index (κ3) is 3.88. The number of carbonyl (C=O) groups is 2. The van der Waals surface area contributed by atoms with Crippen molar-refractivity contribution in [2.45, 2.75) is 32.6 Å². The van der Waals surface area contributed by atoms with Crippen molar-refractivity contribution in [1.29, 1.82) is 0 Å². The highest BCUT2D eigenvalue weighted by Gasteiger charge is 2.39. The van der Waals surface area contributed by atoms with Crippen LogP contribution in [0.4, 0.5) is 10.5 Å². The number of carboxylic acid groups (broad SMARTS) is 1. The highest BCUT2D eigenvalue weighted by Crippen LogP contribution is 2.43. The van der Waals surface area contributed by atoms with Gasteiger partial charge in [0.2, 0.25) is 0 Å². The lowest BCUT2D eigenvalue weighted by molar-refractivity contribution is -0.141. The summed E-state index contributed by atoms with van der Waals surface area (Å²) < 4.78 is 0. The molecule has 0 aromatic heterocycles. The Morgan fingerprint density at radius 2 is 2.10 bits per heavy atom. The van der Waals surface area contributed by atoms with Crippen LogP contribution >= 0.6 is 11.6 Å². The van der Waals surface area contributed by atoms with Crippen LogP contribution in [0.3, 0.4) is 0 Å². The van der Waals surface area contributed by atoms with E-state index in [1.807, 2.05) is 19.1 Å². The molecule has 0 bridgehead atoms. The van der Waals surface area contributed by atoms with Gasteiger partial charge in [-0.15, -0.1) is 0 Å². The molecular formula is C15H19ClN2O3. The molecular weight excluding hydrogens is 292 g/mol. The van der Waals surface area contributed by atoms with E-state index in [0.717, 1.165) is 24.8 Å². The standard InChI is InChI=1S/C15H19ClN2O3/c1-10-4-2-5-11(16)13(10)18-14(21)17-9-15(6-3-7-15)8-12(19)20/h2,4-5H,3,6-9H2,1H3,(H,19,20)(H2,17,18,21). The molecule has 0 atom stereocenters. The van der Waals surface area contributed by atoms with E-state index in [0.29, 0.717) is 17.3 Å². The molecule has 0 unspecified atom stereocenters. The fourth-order valence-corrected chi connectivity index (χ4v) is 2.90. The Morgan fingerprint density at radius 1 is 1.38 bits per heavy atom. The lowest BCUT2D eigenvalue weighted by Crippen LogP contribution is -2.44. The summed E-state index contributed by atoms with van der Waals surface area (Å²) in [6, 6.07) is 5.03. The van der Waals surface area contributed by atoms with E-state index in [4.69, 9.17) is 16.7 Å². The van der Waals surface area contributed by atoms with Crippen LogP contribution in [0.15, 0.2) is 18.2 Å². The lowest BCUT2D eigenvalue weighted by atomic mass is 9.66. The molecule has 3 N–H and O–H groups in total. The van der Waals surface area contributed by atoms with Gasteiger partial charge >= 0.3 is 12.0 Å². The van der Waals surface area contributed by atoms with E-state index in [9.17, 15) is 9.59 Å². The number of aliphatic carboxylic acids is 1. The monoisotopic (exact) mass is 310 g/mol. The molecule has 2 amide bonds. The zero-order chi connectivity index (χ0) is 15.5. The third-order valence-corrected chi connectivity index (χ3v) is 4.34. The second-order valence-electron chi connectivity index (χ2n) is 5.66. The van der Waals surface area contributed by atoms with Gasteiger partial charge in [-0.3, -0.25) is 4.79 Å². The van der Waals surface area contributed by atoms with Crippen LogP contribution in [-0.2, 0) is 4.79 Å². The molecule has 0 heterocycles. The molecule has 5 nitrogen and oxygen atoms in total. The van der Waals surface area contributed by atoms with Gasteiger partial charge in [-0.1, -0.05) is 30.2 Å². The summed E-state index contributed by atoms with van der Waals surface area (Å²) in [5.41, 5.74) is 1.16. The van der Waals surface area contributed by atoms with E-state index < -0.39 is 5.97 Å². The summed E-state index contributed by atoms with van der Waals surface area (Å²) in [6.07, 6.45) is 2.79. The number of aryl methyl sites for hydroxylation is 1. The number of nitrogens with one attached hydrogen (secondary N) is 2. The number of urea groups is 1. The van der Waals surface area contributed by atoms with Gasteiger partial charge in [-0.05, 0) is 36.8 Å². The van der Waals surface area contributed by atoms with Crippen molar-refractivity contribution in [3.63, 3.8) is 0 Å². The first-order valence-corrected chi connectivity index (χ1v) is 7.31. The topological polar surface area (TPSA) is 78.4 Å². The van der Waals surface area contributed by atoms with Crippen LogP contribution in [0.5, 0.6) is 0 Å². The number of halogens is 1. The Kier molecular flexibility index (Phi) is 4.73. The molecule has 1 saturated carbocycles. The highest BCUT2D eigenvalue weighted by molar-refractivity contribution is 6.33. The minimum Gasteiger partial charge on any atom is -0.481 e. The van der Waals surface area contributed by atoms with Crippen LogP contribution in [-0.4, -0.2) is 23.7 Å². The van der Waals surface area contributed by atoms with Gasteiger partial charge in [0.25, 0.3) is 0 Å². The molecule has 1 fully saturated rings. The maximum absolute atomic E-state index is 12.0. The predicted octanol–water partition coefficient (Wildman–Crippen LogP) is 3.41. The van der Waals surface area contributed by atoms with Gasteiger partial charge in [0.1, 0.15) is 0 Å². The molecule has 0 aliphatic heterocycles. The number of amides is 2. The van der Waals surface area contributed by atoms with E-state index in [1.165, 1.54) is 0 Å². The normalized spacial score (nSPS) is 15.9. The van der Waals surface area contributed by atoms with Crippen LogP contribution in [0.2, 0.25) is 5.02 Å². The average molecular weight is 311 g/mol. The van der Waals surface area contributed by atoms with Gasteiger partial charge in [0.15, 0.2) is 0 Å². The van der Waals surface area contributed by atoms with Crippen molar-refractivity contribution in [3.05, 3.63) is 28.8 Å². The number of hydrogen-bond donors (Lipinski definition) is 3. The number of carbonyl (C=O) groups excluding carboxylic acids is 1. The second-order valence-corrected chi connectivity index (χ2v) is 6.07. The second kappa shape index (κ2) is 6.35. The first kappa shape index (κ1) is 15.6. The Balaban J connectivity index is 1.92. The van der Waals surface area contributed by atoms with Crippen LogP contribution in [0, 0.1) is 12.3 Å². The minimum absolute atomic E-state index is 0.0956. The van der Waals surface area contributed by atoms with Crippen molar-refractivity contribution < 1.29 is 14.7 Å². The summed E-state index contributed by atoms with van der Waals surface area (Å²) in [6.45, 7) is 2.23. The number of benzene rings is 1. The molecule has 114 valence electrons. The summed E-state index contributed by atoms with van der Waals surface area (Å²) in [4.78, 5) is 22.8. The van der Waals surface area contributed by atoms with Crippen molar-refractivity contribution in [3.8, 4) is 0 Å². The van der Waals surface area contributed by atoms with Crippen molar-refractivity contribution in [2.75, 3.05) is 11.9 Å². The third-order valence-electron chi connectivity index (χ3n) is 4.02. The molecule has 2 rings (SSSR count). The first-order valence-electron chi connectivity index (χ1n) is 6.94. The van der Waals surface area contributed by atoms with Crippen molar-refractivity contribution in [2.24, 2.45) is 5.41 Å². The van der Waals surface area contributed by atoms with E-state index >= 15 is 0 Å². The molecule has 1 aromatic carbocycles. The van der Waals surface area contributed by atoms with Gasteiger partial charge < -0.3 is 15.7 Å². The largest absolute Gasteiger partial charge is 0.481 e. The summed E-state index contributed by atoms with van der Waals surface area (Å²) in [7, 11) is 0. The van der Waals surface area contributed by atoms with Crippen LogP contribution in [0.1, 0.15) is 31.2 Å². The summed E-state index contributed by atoms with van der Waals surface area (Å²) >= 11 is 6.05. The Morgan fingerprint density at radius 3 is 2.62 bits per heavy atom. The Bertz CT molecular complexity index is 536. The zero-order valence-electron chi connectivity index (χ0n) is 11.9. The number of anilines is 1. The Hall–Kier alpha value is -1.75. The molecule has 1 aliphatic rings. The number of rotatable bonds is 5. The van der Waals surface area contributed by atoms with E-state index in [2.05, 4.69) is 10.6 Å². The van der Waals surface area contributed by atoms with Gasteiger partial charge in [-0.2, -0.15) is 0 Å². The fourth-order valence-electron chi connectivity index (χ4n) is 2.63. The summed E-state index contributed by atoms with van der Waals surface area (Å²) in [5.74, 6) is -0.821. The molecule has 1 aromatic rings. The Labute approximate surface area is 128 Å². The molecule has 1 aliphatic carbocycles. The maximum atomic E-state index is 12.0. The quantitative estimate of drug-likeness (QED) is 0.779. The molecule has 0 saturated heterocycles. The molecule has 21 heavy (non-hydrogen) atoms. The molecule has 0 spiro atoms. The van der Waals surface area contributed by atoms with Crippen molar-refractivity contribution in [1.82, 2.24) is 5.32 Å². The van der Waals surface area contributed by atoms with Gasteiger partial charge in [0.05, 0.1) is 17.1 Å². The minimum atomic E-state index is -0.821. The lowest BCUT2D eigenvalue weighted by Gasteiger charge is -2.40. The van der Waals surface area contributed by atoms with E-state index in [-0.39, 0.29) is 17.9 Å². The summed E-state index contributed by atoms with van der Waals surface area (Å²) in [5, 5.41) is 14.9. The predicted molar refractivity (Wildman–Crippen MR) is 81.7 cm³/mol. The van der Waals surface area contributed by atoms with E-state index in [1.54, 1.807) is 6.07 Å². The van der Waals surface area contributed by atoms with Gasteiger partial charge in [0, 0.05) is 6.54 Å². The first-order chi connectivity index (χ1) is 9.92. The molecule has 6 heteroatoms. The maximum Gasteiger partial charge on any atom is 0.319 e. The highest BCUT2D eigenvalue weighted by atomic mass is 35.5. The number of para-hydroxylation sites is 1. The van der Waals surface area contributed by atoms with Crippen LogP contribution in [0.25, 0.3) is 0 Å². The smallest absolute Gasteiger partial charge is 0.319 e. The average Bonchev–Trinajstić information content (AvgIpc) is 2.36. The number of hydrogen-bond acceptors (Lipinski definition) is 2. The van der Waals surface area contributed by atoms with Crippen molar-refractivity contribution >= 4 is 29.3 Å². The molecule has 0 radical (unpaired) electrons. The SMILES string of the molecule is Cc1cccc(Cl)c1NC(=O)NCC1(CC(=O)O)CCC1. The van der Waals surface area contributed by atoms with Crippen LogP contribution < -0.4 is 10.6 Å². The van der Waals surface area contributed by atoms with Gasteiger partial charge in [-0.25, -0.2) is 4.79 Å². The fraction of sp³-hybridized carbons (Fsp3) is 0.467.